The van der Waals surface area contributed by atoms with Gasteiger partial charge in [0.05, 0.1) is 19.1 Å². The van der Waals surface area contributed by atoms with E-state index < -0.39 is 0 Å². The molecule has 4 heteroatoms. The highest BCUT2D eigenvalue weighted by Gasteiger charge is 2.17. The van der Waals surface area contributed by atoms with E-state index in [0.29, 0.717) is 19.1 Å². The first kappa shape index (κ1) is 12.5. The highest BCUT2D eigenvalue weighted by molar-refractivity contribution is 5.69. The molecule has 0 aromatic carbocycles. The molecule has 0 aliphatic heterocycles. The van der Waals surface area contributed by atoms with Crippen LogP contribution in [-0.4, -0.2) is 24.7 Å². The third-order valence-corrected chi connectivity index (χ3v) is 2.52. The zero-order valence-corrected chi connectivity index (χ0v) is 9.62. The first-order valence-electron chi connectivity index (χ1n) is 5.79. The van der Waals surface area contributed by atoms with Crippen LogP contribution in [0.2, 0.25) is 0 Å². The minimum absolute atomic E-state index is 0.0182. The summed E-state index contributed by atoms with van der Waals surface area (Å²) in [7, 11) is 0. The highest BCUT2D eigenvalue weighted by Crippen LogP contribution is 2.20. The third-order valence-electron chi connectivity index (χ3n) is 2.52. The quantitative estimate of drug-likeness (QED) is 0.542. The third kappa shape index (κ3) is 5.14. The molecule has 1 atom stereocenters. The number of hydrogen-bond acceptors (Lipinski definition) is 4. The molecule has 0 radical (unpaired) electrons. The van der Waals surface area contributed by atoms with Crippen molar-refractivity contribution in [2.45, 2.75) is 58.1 Å². The number of hydrogen-bond donors (Lipinski definition) is 1. The van der Waals surface area contributed by atoms with Gasteiger partial charge in [0.1, 0.15) is 0 Å². The lowest BCUT2D eigenvalue weighted by atomic mass is 10.2. The number of esters is 1. The van der Waals surface area contributed by atoms with Crippen LogP contribution < -0.4 is 5.48 Å². The number of nitrogens with one attached hydrogen (secondary N) is 1. The normalized spacial score (nSPS) is 19.1. The predicted octanol–water partition coefficient (Wildman–Crippen LogP) is 1.79. The van der Waals surface area contributed by atoms with E-state index >= 15 is 0 Å². The Morgan fingerprint density at radius 1 is 1.47 bits per heavy atom. The molecular formula is C11H21NO3. The van der Waals surface area contributed by atoms with Crippen molar-refractivity contribution in [1.29, 1.82) is 0 Å². The van der Waals surface area contributed by atoms with Crippen LogP contribution in [0.5, 0.6) is 0 Å². The molecule has 0 heterocycles. The lowest BCUT2D eigenvalue weighted by molar-refractivity contribution is -0.145. The van der Waals surface area contributed by atoms with Crippen LogP contribution in [0.15, 0.2) is 0 Å². The average molecular weight is 215 g/mol. The van der Waals surface area contributed by atoms with E-state index in [0.717, 1.165) is 12.8 Å². The Bertz CT molecular complexity index is 190. The maximum Gasteiger partial charge on any atom is 0.307 e. The number of rotatable bonds is 6. The molecule has 4 nitrogen and oxygen atoms in total. The van der Waals surface area contributed by atoms with Crippen molar-refractivity contribution in [3.63, 3.8) is 0 Å². The lowest BCUT2D eigenvalue weighted by Crippen LogP contribution is -2.32. The Hall–Kier alpha value is -0.610. The molecule has 1 saturated carbocycles. The van der Waals surface area contributed by atoms with Gasteiger partial charge in [-0.2, -0.15) is 5.48 Å². The summed E-state index contributed by atoms with van der Waals surface area (Å²) in [5, 5.41) is 0. The molecule has 88 valence electrons. The lowest BCUT2D eigenvalue weighted by Gasteiger charge is -2.16. The summed E-state index contributed by atoms with van der Waals surface area (Å²) in [5.41, 5.74) is 2.91. The number of hydroxylamine groups is 1. The van der Waals surface area contributed by atoms with Crippen molar-refractivity contribution in [2.75, 3.05) is 6.61 Å². The molecular weight excluding hydrogens is 194 g/mol. The van der Waals surface area contributed by atoms with Gasteiger partial charge in [-0.3, -0.25) is 9.63 Å². The van der Waals surface area contributed by atoms with Crippen molar-refractivity contribution in [3.8, 4) is 0 Å². The van der Waals surface area contributed by atoms with Gasteiger partial charge in [0.15, 0.2) is 0 Å². The molecule has 0 aromatic rings. The second kappa shape index (κ2) is 6.80. The first-order valence-corrected chi connectivity index (χ1v) is 5.79. The molecule has 15 heavy (non-hydrogen) atoms. The molecule has 0 spiro atoms. The molecule has 1 unspecified atom stereocenters. The van der Waals surface area contributed by atoms with Gasteiger partial charge < -0.3 is 4.74 Å². The van der Waals surface area contributed by atoms with Gasteiger partial charge in [0, 0.05) is 6.04 Å². The van der Waals surface area contributed by atoms with Crippen molar-refractivity contribution < 1.29 is 14.4 Å². The molecule has 0 saturated heterocycles. The second-order valence-corrected chi connectivity index (χ2v) is 4.05. The summed E-state index contributed by atoms with van der Waals surface area (Å²) in [6.45, 7) is 4.17. The van der Waals surface area contributed by atoms with Crippen LogP contribution in [-0.2, 0) is 14.4 Å². The summed E-state index contributed by atoms with van der Waals surface area (Å²) in [5.74, 6) is -0.174. The number of carbonyl (C=O) groups excluding carboxylic acids is 1. The first-order chi connectivity index (χ1) is 7.22. The Balaban J connectivity index is 2.06. The van der Waals surface area contributed by atoms with Gasteiger partial charge in [0.25, 0.3) is 0 Å². The maximum atomic E-state index is 11.1. The fourth-order valence-electron chi connectivity index (χ4n) is 1.73. The molecule has 1 fully saturated rings. The molecule has 0 bridgehead atoms. The molecule has 1 aliphatic rings. The molecule has 1 aliphatic carbocycles. The zero-order valence-electron chi connectivity index (χ0n) is 9.62. The van der Waals surface area contributed by atoms with Gasteiger partial charge in [-0.1, -0.05) is 12.8 Å². The van der Waals surface area contributed by atoms with Crippen molar-refractivity contribution in [3.05, 3.63) is 0 Å². The second-order valence-electron chi connectivity index (χ2n) is 4.05. The van der Waals surface area contributed by atoms with Gasteiger partial charge >= 0.3 is 5.97 Å². The summed E-state index contributed by atoms with van der Waals surface area (Å²) in [6, 6.07) is 0.0182. The van der Waals surface area contributed by atoms with Crippen LogP contribution in [0, 0.1) is 0 Å². The van der Waals surface area contributed by atoms with Crippen molar-refractivity contribution >= 4 is 5.97 Å². The standard InChI is InChI=1S/C11H21NO3/c1-3-14-11(13)8-9(2)12-15-10-6-4-5-7-10/h9-10,12H,3-8H2,1-2H3. The SMILES string of the molecule is CCOC(=O)CC(C)NOC1CCCC1. The summed E-state index contributed by atoms with van der Waals surface area (Å²) in [4.78, 5) is 16.6. The summed E-state index contributed by atoms with van der Waals surface area (Å²) >= 11 is 0. The van der Waals surface area contributed by atoms with E-state index in [2.05, 4.69) is 5.48 Å². The molecule has 1 rings (SSSR count). The Kier molecular flexibility index (Phi) is 5.65. The Morgan fingerprint density at radius 2 is 2.13 bits per heavy atom. The van der Waals surface area contributed by atoms with Crippen molar-refractivity contribution in [1.82, 2.24) is 5.48 Å². The maximum absolute atomic E-state index is 11.1. The van der Waals surface area contributed by atoms with E-state index in [1.54, 1.807) is 0 Å². The average Bonchev–Trinajstić information content (AvgIpc) is 2.67. The van der Waals surface area contributed by atoms with E-state index in [9.17, 15) is 4.79 Å². The summed E-state index contributed by atoms with van der Waals surface area (Å²) < 4.78 is 4.85. The van der Waals surface area contributed by atoms with Crippen LogP contribution in [0.25, 0.3) is 0 Å². The minimum atomic E-state index is -0.174. The largest absolute Gasteiger partial charge is 0.466 e. The monoisotopic (exact) mass is 215 g/mol. The van der Waals surface area contributed by atoms with Gasteiger partial charge in [-0.25, -0.2) is 0 Å². The van der Waals surface area contributed by atoms with Crippen molar-refractivity contribution in [2.24, 2.45) is 0 Å². The van der Waals surface area contributed by atoms with Crippen LogP contribution in [0.3, 0.4) is 0 Å². The smallest absolute Gasteiger partial charge is 0.307 e. The van der Waals surface area contributed by atoms with E-state index in [1.807, 2.05) is 13.8 Å². The van der Waals surface area contributed by atoms with Gasteiger partial charge in [-0.15, -0.1) is 0 Å². The van der Waals surface area contributed by atoms with E-state index in [-0.39, 0.29) is 12.0 Å². The predicted molar refractivity (Wildman–Crippen MR) is 57.2 cm³/mol. The van der Waals surface area contributed by atoms with E-state index in [1.165, 1.54) is 12.8 Å². The fraction of sp³-hybridized carbons (Fsp3) is 0.909. The number of ether oxygens (including phenoxy) is 1. The van der Waals surface area contributed by atoms with Gasteiger partial charge in [0.2, 0.25) is 0 Å². The Labute approximate surface area is 91.3 Å². The molecule has 0 amide bonds. The fourth-order valence-corrected chi connectivity index (χ4v) is 1.73. The number of carbonyl (C=O) groups is 1. The summed E-state index contributed by atoms with van der Waals surface area (Å²) in [6.07, 6.45) is 5.44. The zero-order chi connectivity index (χ0) is 11.1. The van der Waals surface area contributed by atoms with E-state index in [4.69, 9.17) is 9.57 Å². The molecule has 0 aromatic heterocycles. The van der Waals surface area contributed by atoms with Crippen LogP contribution >= 0.6 is 0 Å². The minimum Gasteiger partial charge on any atom is -0.466 e. The highest BCUT2D eigenvalue weighted by atomic mass is 16.7. The van der Waals surface area contributed by atoms with Crippen LogP contribution in [0.4, 0.5) is 0 Å². The Morgan fingerprint density at radius 3 is 2.73 bits per heavy atom. The topological polar surface area (TPSA) is 47.6 Å². The van der Waals surface area contributed by atoms with Gasteiger partial charge in [-0.05, 0) is 26.7 Å². The van der Waals surface area contributed by atoms with Crippen LogP contribution in [0.1, 0.15) is 46.0 Å². The molecule has 1 N–H and O–H groups in total.